The molecule has 9 atom stereocenters. The van der Waals surface area contributed by atoms with Gasteiger partial charge in [-0.05, 0) is 54.7 Å². The third-order valence-electron chi connectivity index (χ3n) is 14.5. The van der Waals surface area contributed by atoms with Gasteiger partial charge in [0.15, 0.2) is 5.78 Å². The van der Waals surface area contributed by atoms with E-state index in [1.165, 1.54) is 0 Å². The van der Waals surface area contributed by atoms with E-state index in [9.17, 15) is 63.9 Å². The number of nitrogens with zero attached hydrogens (tertiary/aromatic N) is 1. The maximum absolute atomic E-state index is 14.2. The molecule has 3 fully saturated rings. The van der Waals surface area contributed by atoms with Crippen LogP contribution in [0.4, 0.5) is 0 Å². The molecule has 1 aliphatic carbocycles. The van der Waals surface area contributed by atoms with E-state index in [1.807, 2.05) is 6.92 Å². The van der Waals surface area contributed by atoms with Crippen molar-refractivity contribution >= 4 is 58.7 Å². The molecule has 1 aromatic heterocycles. The highest BCUT2D eigenvalue weighted by Gasteiger charge is 2.67. The first-order chi connectivity index (χ1) is 28.7. The number of aromatic nitrogens is 1. The molecule has 3 saturated heterocycles. The van der Waals surface area contributed by atoms with Crippen molar-refractivity contribution in [2.24, 2.45) is 45.2 Å². The maximum atomic E-state index is 14.2. The number of aliphatic carboxylic acids is 5. The van der Waals surface area contributed by atoms with Crippen molar-refractivity contribution < 1.29 is 63.9 Å². The van der Waals surface area contributed by atoms with Gasteiger partial charge in [-0.15, -0.1) is 0 Å². The van der Waals surface area contributed by atoms with E-state index in [0.29, 0.717) is 33.9 Å². The second-order valence-corrected chi connectivity index (χ2v) is 18.1. The number of Topliss-reactive ketones (excluding diaryl/α,β-unsaturated/α-hetero) is 1. The van der Waals surface area contributed by atoms with Gasteiger partial charge < -0.3 is 46.9 Å². The molecular formula is C42H52N6O13. The third kappa shape index (κ3) is 7.72. The minimum atomic E-state index is -1.29. The van der Waals surface area contributed by atoms with Crippen LogP contribution in [0, 0.1) is 34.5 Å². The van der Waals surface area contributed by atoms with Crippen LogP contribution in [-0.4, -0.2) is 101 Å². The monoisotopic (exact) mass is 848 g/mol. The van der Waals surface area contributed by atoms with Crippen molar-refractivity contribution in [3.8, 4) is 0 Å². The number of hydrogen-bond donors (Lipinski definition) is 10. The maximum Gasteiger partial charge on any atom is 0.307 e. The normalized spacial score (nSPS) is 33.3. The Morgan fingerprint density at radius 2 is 1.51 bits per heavy atom. The number of fused-ring (bicyclic) bond motifs is 5. The minimum Gasteiger partial charge on any atom is -0.481 e. The van der Waals surface area contributed by atoms with Gasteiger partial charge in [-0.3, -0.25) is 48.7 Å². The second kappa shape index (κ2) is 15.9. The molecule has 5 aliphatic heterocycles. The van der Waals surface area contributed by atoms with Crippen LogP contribution < -0.4 is 21.7 Å². The number of ketones is 1. The number of nitrogens with one attached hydrogen (secondary N) is 4. The number of nitrogens with two attached hydrogens (primary N) is 1. The molecule has 0 saturated carbocycles. The minimum absolute atomic E-state index is 0.0328. The molecule has 1 aromatic rings. The molecular weight excluding hydrogens is 796 g/mol. The number of carbonyl (C=O) groups excluding carboxylic acids is 3. The highest BCUT2D eigenvalue weighted by atomic mass is 16.4. The average molecular weight is 849 g/mol. The van der Waals surface area contributed by atoms with Crippen molar-refractivity contribution in [3.63, 3.8) is 0 Å². The predicted octanol–water partition coefficient (Wildman–Crippen LogP) is 1.73. The Labute approximate surface area is 349 Å². The molecule has 61 heavy (non-hydrogen) atoms. The molecule has 6 heterocycles. The molecule has 19 nitrogen and oxygen atoms in total. The largest absolute Gasteiger partial charge is 0.481 e. The topological polar surface area (TPSA) is 328 Å². The average Bonchev–Trinajstić information content (AvgIpc) is 3.83. The zero-order chi connectivity index (χ0) is 44.3. The van der Waals surface area contributed by atoms with Crippen molar-refractivity contribution in [2.45, 2.75) is 121 Å². The summed E-state index contributed by atoms with van der Waals surface area (Å²) in [6, 6.07) is -1.47. The van der Waals surface area contributed by atoms with E-state index in [4.69, 9.17) is 10.7 Å². The highest BCUT2D eigenvalue weighted by Crippen LogP contribution is 2.58. The SMILES string of the molecule is C[C@@]12CC(=O)N[C@@]13C[C@@H]1N=C(Cc4[nH]c5c(c4CC(=O)O)CCC(=O)C5=C4N/C(=C\C(N3)[C@H]2CCC(=O)O)[C@@H](CC(=O)O)[C@@H]4CCC(=O)O)[C@@](C)(CC(N)=O)[C@@H]1CCC(=O)O. The van der Waals surface area contributed by atoms with Crippen molar-refractivity contribution in [3.05, 3.63) is 40.0 Å². The molecule has 7 rings (SSSR count). The number of carboxylic acid groups (broad SMARTS) is 5. The molecule has 11 N–H and O–H groups in total. The number of aliphatic imine (C=N–C) groups is 1. The van der Waals surface area contributed by atoms with Crippen LogP contribution in [0.5, 0.6) is 0 Å². The molecule has 0 radical (unpaired) electrons. The van der Waals surface area contributed by atoms with Gasteiger partial charge in [0, 0.05) is 103 Å². The van der Waals surface area contributed by atoms with E-state index in [2.05, 4.69) is 20.9 Å². The van der Waals surface area contributed by atoms with E-state index in [1.54, 1.807) is 13.0 Å². The Kier molecular flexibility index (Phi) is 11.3. The Hall–Kier alpha value is -5.85. The first-order valence-corrected chi connectivity index (χ1v) is 20.7. The number of carbonyl (C=O) groups is 8. The number of carboxylic acids is 5. The lowest BCUT2D eigenvalue weighted by Crippen LogP contribution is -2.60. The Balaban J connectivity index is 1.53. The molecule has 328 valence electrons. The summed E-state index contributed by atoms with van der Waals surface area (Å²) in [6.07, 6.45) is -0.133. The van der Waals surface area contributed by atoms with Gasteiger partial charge in [0.2, 0.25) is 11.8 Å². The summed E-state index contributed by atoms with van der Waals surface area (Å²) in [6.45, 7) is 3.65. The van der Waals surface area contributed by atoms with Crippen LogP contribution >= 0.6 is 0 Å². The van der Waals surface area contributed by atoms with Gasteiger partial charge >= 0.3 is 29.8 Å². The standard InChI is InChI=1S/C42H52N6O13/c1-40(16-30(43)50)22(5-9-33(54)55)27-15-42-41(2,17-31(51)48-42)23(6-10-34(56)57)26(47-42)13-24-20(11-35(58)59)19(4-8-32(52)53)39(45-24)37-28(49)7-3-18-21(12-36(60)61)25(46-38(18)37)14-29(40)44-27/h13,19-20,22-23,26-27,45-47H,3-12,14-17H2,1-2H3,(H2,43,50)(H,48,51)(H,52,53)(H,54,55)(H,56,57)(H,58,59)(H,60,61)/b24-13-,39-37?/t19-,20-,22+,23+,26?,27-,40-,41-,42-/m0/s1. The second-order valence-electron chi connectivity index (χ2n) is 18.1. The first kappa shape index (κ1) is 43.2. The van der Waals surface area contributed by atoms with E-state index >= 15 is 0 Å². The van der Waals surface area contributed by atoms with Crippen LogP contribution in [-0.2, 0) is 57.6 Å². The fourth-order valence-electron chi connectivity index (χ4n) is 11.9. The van der Waals surface area contributed by atoms with Crippen LogP contribution in [0.25, 0.3) is 5.57 Å². The van der Waals surface area contributed by atoms with E-state index < -0.39 is 101 Å². The zero-order valence-electron chi connectivity index (χ0n) is 34.0. The first-order valence-electron chi connectivity index (χ1n) is 20.7. The number of H-pyrrole nitrogens is 1. The predicted molar refractivity (Wildman–Crippen MR) is 212 cm³/mol. The summed E-state index contributed by atoms with van der Waals surface area (Å²) >= 11 is 0. The summed E-state index contributed by atoms with van der Waals surface area (Å²) in [4.78, 5) is 111. The summed E-state index contributed by atoms with van der Waals surface area (Å²) in [5.41, 5.74) is 5.30. The van der Waals surface area contributed by atoms with Crippen LogP contribution in [0.3, 0.4) is 0 Å². The molecule has 6 aliphatic rings. The van der Waals surface area contributed by atoms with Gasteiger partial charge in [0.05, 0.1) is 35.8 Å². The van der Waals surface area contributed by atoms with Crippen molar-refractivity contribution in [1.82, 2.24) is 20.9 Å². The smallest absolute Gasteiger partial charge is 0.307 e. The molecule has 1 spiro atoms. The van der Waals surface area contributed by atoms with Crippen LogP contribution in [0.15, 0.2) is 22.5 Å². The highest BCUT2D eigenvalue weighted by molar-refractivity contribution is 6.23. The van der Waals surface area contributed by atoms with Crippen LogP contribution in [0.1, 0.15) is 107 Å². The summed E-state index contributed by atoms with van der Waals surface area (Å²) in [7, 11) is 0. The number of rotatable bonds is 15. The molecule has 1 unspecified atom stereocenters. The van der Waals surface area contributed by atoms with Gasteiger partial charge in [-0.2, -0.15) is 0 Å². The van der Waals surface area contributed by atoms with Gasteiger partial charge in [0.1, 0.15) is 0 Å². The van der Waals surface area contributed by atoms with E-state index in [-0.39, 0.29) is 100 Å². The quantitative estimate of drug-likeness (QED) is 0.120. The van der Waals surface area contributed by atoms with E-state index in [0.717, 1.165) is 0 Å². The lowest BCUT2D eigenvalue weighted by atomic mass is 9.63. The van der Waals surface area contributed by atoms with Crippen molar-refractivity contribution in [1.29, 1.82) is 0 Å². The van der Waals surface area contributed by atoms with Crippen molar-refractivity contribution in [2.75, 3.05) is 0 Å². The lowest BCUT2D eigenvalue weighted by Gasteiger charge is -2.42. The number of aromatic amines is 1. The Bertz CT molecular complexity index is 2230. The molecule has 0 aromatic carbocycles. The number of hydrogen-bond acceptors (Lipinski definition) is 11. The van der Waals surface area contributed by atoms with Gasteiger partial charge in [-0.1, -0.05) is 13.8 Å². The van der Waals surface area contributed by atoms with Gasteiger partial charge in [0.25, 0.3) is 0 Å². The third-order valence-corrected chi connectivity index (χ3v) is 14.5. The Morgan fingerprint density at radius 3 is 2.13 bits per heavy atom. The molecule has 8 bridgehead atoms. The summed E-state index contributed by atoms with van der Waals surface area (Å²) < 4.78 is 0. The fourth-order valence-corrected chi connectivity index (χ4v) is 11.9. The van der Waals surface area contributed by atoms with Crippen LogP contribution in [0.2, 0.25) is 0 Å². The van der Waals surface area contributed by atoms with Gasteiger partial charge in [-0.25, -0.2) is 0 Å². The summed E-state index contributed by atoms with van der Waals surface area (Å²) in [5, 5.41) is 60.2. The Morgan fingerprint density at radius 1 is 0.852 bits per heavy atom. The number of amides is 2. The number of allylic oxidation sites excluding steroid dienone is 3. The molecule has 2 amide bonds. The lowest BCUT2D eigenvalue weighted by molar-refractivity contribution is -0.139. The zero-order valence-corrected chi connectivity index (χ0v) is 34.0. The fraction of sp³-hybridized carbons (Fsp3) is 0.595. The number of primary amides is 1. The molecule has 19 heteroatoms. The summed E-state index contributed by atoms with van der Waals surface area (Å²) in [5.74, 6) is -9.91.